The normalized spacial score (nSPS) is 11.3. The molecule has 2 nitrogen and oxygen atoms in total. The Labute approximate surface area is 84.9 Å². The zero-order valence-corrected chi connectivity index (χ0v) is 8.60. The monoisotopic (exact) mass is 189 g/mol. The van der Waals surface area contributed by atoms with Crippen LogP contribution in [0.3, 0.4) is 0 Å². The number of nitrogens with zero attached hydrogens (tertiary/aromatic N) is 1. The van der Waals surface area contributed by atoms with Gasteiger partial charge in [0.2, 0.25) is 0 Å². The van der Waals surface area contributed by atoms with E-state index in [0.717, 1.165) is 5.75 Å². The van der Waals surface area contributed by atoms with Gasteiger partial charge in [0, 0.05) is 6.21 Å². The molecule has 74 valence electrons. The van der Waals surface area contributed by atoms with Gasteiger partial charge in [0.05, 0.1) is 13.7 Å². The minimum atomic E-state index is 0.717. The van der Waals surface area contributed by atoms with Gasteiger partial charge in [-0.2, -0.15) is 0 Å². The Hall–Kier alpha value is -1.57. The molecule has 14 heavy (non-hydrogen) atoms. The topological polar surface area (TPSA) is 21.6 Å². The molecule has 0 aliphatic rings. The van der Waals surface area contributed by atoms with E-state index in [9.17, 15) is 0 Å². The molecular weight excluding hydrogens is 174 g/mol. The molecule has 0 saturated carbocycles. The SMILES string of the molecule is C/C=C/C=N/Cc1ccc(OC)cc1. The lowest BCUT2D eigenvalue weighted by Gasteiger charge is -1.99. The molecule has 0 amide bonds. The third kappa shape index (κ3) is 3.44. The summed E-state index contributed by atoms with van der Waals surface area (Å²) in [6.45, 7) is 2.69. The lowest BCUT2D eigenvalue weighted by molar-refractivity contribution is 0.414. The summed E-state index contributed by atoms with van der Waals surface area (Å²) in [4.78, 5) is 4.23. The standard InChI is InChI=1S/C12H15NO/c1-3-4-9-13-10-11-5-7-12(14-2)8-6-11/h3-9H,10H2,1-2H3/b4-3+,13-9+. The fraction of sp³-hybridized carbons (Fsp3) is 0.250. The molecular formula is C12H15NO. The van der Waals surface area contributed by atoms with Crippen LogP contribution in [-0.2, 0) is 6.54 Å². The molecule has 0 aliphatic carbocycles. The summed E-state index contributed by atoms with van der Waals surface area (Å²) in [6.07, 6.45) is 5.69. The number of hydrogen-bond acceptors (Lipinski definition) is 2. The van der Waals surface area contributed by atoms with Crippen LogP contribution in [0.25, 0.3) is 0 Å². The smallest absolute Gasteiger partial charge is 0.118 e. The van der Waals surface area contributed by atoms with Crippen LogP contribution in [0.4, 0.5) is 0 Å². The van der Waals surface area contributed by atoms with E-state index in [0.29, 0.717) is 6.54 Å². The van der Waals surface area contributed by atoms with Crippen LogP contribution in [0, 0.1) is 0 Å². The molecule has 0 heterocycles. The summed E-state index contributed by atoms with van der Waals surface area (Å²) in [5, 5.41) is 0. The highest BCUT2D eigenvalue weighted by Crippen LogP contribution is 2.11. The Morgan fingerprint density at radius 2 is 2.00 bits per heavy atom. The van der Waals surface area contributed by atoms with Gasteiger partial charge in [-0.25, -0.2) is 0 Å². The van der Waals surface area contributed by atoms with Gasteiger partial charge in [0.15, 0.2) is 0 Å². The summed E-state index contributed by atoms with van der Waals surface area (Å²) in [5.74, 6) is 0.881. The van der Waals surface area contributed by atoms with Gasteiger partial charge in [-0.1, -0.05) is 18.2 Å². The molecule has 0 bridgehead atoms. The molecule has 0 N–H and O–H groups in total. The third-order valence-electron chi connectivity index (χ3n) is 1.82. The highest BCUT2D eigenvalue weighted by molar-refractivity contribution is 5.70. The second-order valence-electron chi connectivity index (χ2n) is 2.86. The number of aliphatic imine (C=N–C) groups is 1. The number of hydrogen-bond donors (Lipinski definition) is 0. The Kier molecular flexibility index (Phi) is 4.48. The van der Waals surface area contributed by atoms with Gasteiger partial charge in [-0.3, -0.25) is 4.99 Å². The molecule has 1 aromatic rings. The van der Waals surface area contributed by atoms with E-state index < -0.39 is 0 Å². The van der Waals surface area contributed by atoms with Crippen molar-refractivity contribution in [2.45, 2.75) is 13.5 Å². The molecule has 0 unspecified atom stereocenters. The fourth-order valence-electron chi connectivity index (χ4n) is 1.04. The van der Waals surface area contributed by atoms with Crippen LogP contribution in [0.1, 0.15) is 12.5 Å². The highest BCUT2D eigenvalue weighted by atomic mass is 16.5. The van der Waals surface area contributed by atoms with Crippen molar-refractivity contribution in [3.05, 3.63) is 42.0 Å². The molecule has 1 aromatic carbocycles. The molecule has 0 aliphatic heterocycles. The zero-order chi connectivity index (χ0) is 10.2. The highest BCUT2D eigenvalue weighted by Gasteiger charge is 1.91. The number of allylic oxidation sites excluding steroid dienone is 2. The van der Waals surface area contributed by atoms with Gasteiger partial charge >= 0.3 is 0 Å². The van der Waals surface area contributed by atoms with E-state index in [4.69, 9.17) is 4.74 Å². The Balaban J connectivity index is 2.51. The average molecular weight is 189 g/mol. The van der Waals surface area contributed by atoms with Gasteiger partial charge < -0.3 is 4.74 Å². The maximum absolute atomic E-state index is 5.06. The number of rotatable bonds is 4. The Bertz CT molecular complexity index is 312. The number of ether oxygens (including phenoxy) is 1. The minimum absolute atomic E-state index is 0.717. The first-order valence-corrected chi connectivity index (χ1v) is 4.61. The molecule has 0 atom stereocenters. The predicted molar refractivity (Wildman–Crippen MR) is 60.0 cm³/mol. The van der Waals surface area contributed by atoms with E-state index >= 15 is 0 Å². The molecule has 0 spiro atoms. The van der Waals surface area contributed by atoms with Gasteiger partial charge in [-0.05, 0) is 30.7 Å². The molecule has 0 saturated heterocycles. The van der Waals surface area contributed by atoms with Crippen molar-refractivity contribution in [3.63, 3.8) is 0 Å². The summed E-state index contributed by atoms with van der Waals surface area (Å²) < 4.78 is 5.06. The van der Waals surface area contributed by atoms with Crippen LogP contribution in [0.5, 0.6) is 5.75 Å². The lowest BCUT2D eigenvalue weighted by atomic mass is 10.2. The summed E-state index contributed by atoms with van der Waals surface area (Å²) in [7, 11) is 1.67. The minimum Gasteiger partial charge on any atom is -0.497 e. The Morgan fingerprint density at radius 1 is 1.29 bits per heavy atom. The predicted octanol–water partition coefficient (Wildman–Crippen LogP) is 2.84. The van der Waals surface area contributed by atoms with Crippen LogP contribution >= 0.6 is 0 Å². The number of benzene rings is 1. The molecule has 0 radical (unpaired) electrons. The van der Waals surface area contributed by atoms with Crippen molar-refractivity contribution in [2.75, 3.05) is 7.11 Å². The first-order chi connectivity index (χ1) is 6.86. The second-order valence-corrected chi connectivity index (χ2v) is 2.86. The van der Waals surface area contributed by atoms with E-state index in [1.54, 1.807) is 7.11 Å². The van der Waals surface area contributed by atoms with Crippen molar-refractivity contribution < 1.29 is 4.74 Å². The van der Waals surface area contributed by atoms with Crippen molar-refractivity contribution in [1.29, 1.82) is 0 Å². The average Bonchev–Trinajstić information content (AvgIpc) is 2.25. The van der Waals surface area contributed by atoms with Crippen LogP contribution in [0.2, 0.25) is 0 Å². The quantitative estimate of drug-likeness (QED) is 0.667. The second kappa shape index (κ2) is 5.97. The van der Waals surface area contributed by atoms with Crippen molar-refractivity contribution in [1.82, 2.24) is 0 Å². The summed E-state index contributed by atoms with van der Waals surface area (Å²) in [6, 6.07) is 7.93. The van der Waals surface area contributed by atoms with Gasteiger partial charge in [-0.15, -0.1) is 0 Å². The fourth-order valence-corrected chi connectivity index (χ4v) is 1.04. The van der Waals surface area contributed by atoms with Crippen LogP contribution < -0.4 is 4.74 Å². The first kappa shape index (κ1) is 10.5. The first-order valence-electron chi connectivity index (χ1n) is 4.61. The van der Waals surface area contributed by atoms with E-state index in [1.807, 2.05) is 49.6 Å². The maximum atomic E-state index is 5.06. The maximum Gasteiger partial charge on any atom is 0.118 e. The Morgan fingerprint density at radius 3 is 2.57 bits per heavy atom. The molecule has 0 aromatic heterocycles. The number of methoxy groups -OCH3 is 1. The molecule has 1 rings (SSSR count). The van der Waals surface area contributed by atoms with Gasteiger partial charge in [0.25, 0.3) is 0 Å². The van der Waals surface area contributed by atoms with Crippen molar-refractivity contribution in [3.8, 4) is 5.75 Å². The van der Waals surface area contributed by atoms with Crippen LogP contribution in [0.15, 0.2) is 41.4 Å². The van der Waals surface area contributed by atoms with E-state index in [1.165, 1.54) is 5.56 Å². The summed E-state index contributed by atoms with van der Waals surface area (Å²) >= 11 is 0. The van der Waals surface area contributed by atoms with Gasteiger partial charge in [0.1, 0.15) is 5.75 Å². The lowest BCUT2D eigenvalue weighted by Crippen LogP contribution is -1.84. The van der Waals surface area contributed by atoms with Crippen LogP contribution in [-0.4, -0.2) is 13.3 Å². The van der Waals surface area contributed by atoms with E-state index in [2.05, 4.69) is 4.99 Å². The molecule has 2 heteroatoms. The third-order valence-corrected chi connectivity index (χ3v) is 1.82. The largest absolute Gasteiger partial charge is 0.497 e. The molecule has 0 fully saturated rings. The zero-order valence-electron chi connectivity index (χ0n) is 8.60. The van der Waals surface area contributed by atoms with E-state index in [-0.39, 0.29) is 0 Å². The van der Waals surface area contributed by atoms with Crippen molar-refractivity contribution in [2.24, 2.45) is 4.99 Å². The summed E-state index contributed by atoms with van der Waals surface area (Å²) in [5.41, 5.74) is 1.19. The van der Waals surface area contributed by atoms with Crippen molar-refractivity contribution >= 4 is 6.21 Å².